The summed E-state index contributed by atoms with van der Waals surface area (Å²) in [7, 11) is 0. The van der Waals surface area contributed by atoms with Crippen LogP contribution in [0.2, 0.25) is 0 Å². The van der Waals surface area contributed by atoms with Crippen LogP contribution in [0.4, 0.5) is 0 Å². The van der Waals surface area contributed by atoms with Gasteiger partial charge in [-0.2, -0.15) is 0 Å². The van der Waals surface area contributed by atoms with E-state index in [2.05, 4.69) is 5.43 Å². The minimum absolute atomic E-state index is 0.000376. The van der Waals surface area contributed by atoms with Gasteiger partial charge in [0, 0.05) is 24.9 Å². The van der Waals surface area contributed by atoms with Crippen molar-refractivity contribution in [2.45, 2.75) is 44.9 Å². The summed E-state index contributed by atoms with van der Waals surface area (Å²) in [5.74, 6) is 5.49. The zero-order chi connectivity index (χ0) is 13.0. The molecule has 0 aromatic rings. The number of rotatable bonds is 2. The van der Waals surface area contributed by atoms with Gasteiger partial charge < -0.3 is 4.90 Å². The highest BCUT2D eigenvalue weighted by molar-refractivity contribution is 5.81. The van der Waals surface area contributed by atoms with Crippen molar-refractivity contribution < 1.29 is 9.59 Å². The maximum absolute atomic E-state index is 12.3. The van der Waals surface area contributed by atoms with E-state index in [1.54, 1.807) is 0 Å². The fourth-order valence-electron chi connectivity index (χ4n) is 3.09. The molecule has 2 amide bonds. The Hall–Kier alpha value is -1.10. The highest BCUT2D eigenvalue weighted by Gasteiger charge is 2.32. The molecule has 1 saturated carbocycles. The molecule has 1 aliphatic carbocycles. The van der Waals surface area contributed by atoms with Gasteiger partial charge in [0.1, 0.15) is 0 Å². The van der Waals surface area contributed by atoms with Crippen LogP contribution in [0.15, 0.2) is 0 Å². The van der Waals surface area contributed by atoms with Crippen LogP contribution in [0.5, 0.6) is 0 Å². The zero-order valence-electron chi connectivity index (χ0n) is 10.9. The average molecular weight is 253 g/mol. The Morgan fingerprint density at radius 1 is 0.944 bits per heavy atom. The van der Waals surface area contributed by atoms with Crippen LogP contribution in [0.3, 0.4) is 0 Å². The van der Waals surface area contributed by atoms with Crippen molar-refractivity contribution in [2.24, 2.45) is 17.7 Å². The van der Waals surface area contributed by atoms with Crippen molar-refractivity contribution >= 4 is 11.8 Å². The van der Waals surface area contributed by atoms with Crippen LogP contribution in [0.1, 0.15) is 44.9 Å². The minimum atomic E-state index is -0.0844. The molecular weight excluding hydrogens is 230 g/mol. The van der Waals surface area contributed by atoms with Gasteiger partial charge in [0.15, 0.2) is 0 Å². The number of nitrogens with two attached hydrogens (primary N) is 1. The van der Waals surface area contributed by atoms with Crippen molar-refractivity contribution in [3.8, 4) is 0 Å². The fourth-order valence-corrected chi connectivity index (χ4v) is 3.09. The summed E-state index contributed by atoms with van der Waals surface area (Å²) in [6.45, 7) is 1.84. The predicted molar refractivity (Wildman–Crippen MR) is 68.2 cm³/mol. The third-order valence-electron chi connectivity index (χ3n) is 4.26. The summed E-state index contributed by atoms with van der Waals surface area (Å²) in [5, 5.41) is 0. The second-order valence-electron chi connectivity index (χ2n) is 5.44. The summed E-state index contributed by atoms with van der Waals surface area (Å²) in [6.07, 6.45) is 6.74. The Morgan fingerprint density at radius 2 is 1.50 bits per heavy atom. The van der Waals surface area contributed by atoms with Gasteiger partial charge in [0.25, 0.3) is 0 Å². The van der Waals surface area contributed by atoms with Gasteiger partial charge in [-0.1, -0.05) is 0 Å². The average Bonchev–Trinajstić information content (AvgIpc) is 2.47. The molecule has 1 aliphatic heterocycles. The van der Waals surface area contributed by atoms with Gasteiger partial charge >= 0.3 is 0 Å². The molecule has 0 radical (unpaired) electrons. The molecule has 2 rings (SSSR count). The number of nitrogens with zero attached hydrogens (tertiary/aromatic N) is 1. The molecule has 0 atom stereocenters. The lowest BCUT2D eigenvalue weighted by Crippen LogP contribution is -2.42. The van der Waals surface area contributed by atoms with Gasteiger partial charge in [0.2, 0.25) is 11.8 Å². The first kappa shape index (κ1) is 13.3. The smallest absolute Gasteiger partial charge is 0.236 e. The first-order valence-electron chi connectivity index (χ1n) is 7.01. The standard InChI is InChI=1S/C13H23N3O2/c14-15-12(17)10-4-6-11(7-5-10)13(18)16-8-2-1-3-9-16/h10-11H,1-9,14H2,(H,15,17)/t10-,11-. The minimum Gasteiger partial charge on any atom is -0.342 e. The first-order valence-corrected chi connectivity index (χ1v) is 7.01. The van der Waals surface area contributed by atoms with E-state index in [1.165, 1.54) is 6.42 Å². The number of carbonyl (C=O) groups excluding carboxylic acids is 2. The lowest BCUT2D eigenvalue weighted by atomic mass is 9.81. The Balaban J connectivity index is 1.81. The topological polar surface area (TPSA) is 75.4 Å². The summed E-state index contributed by atoms with van der Waals surface area (Å²) >= 11 is 0. The number of hydrogen-bond donors (Lipinski definition) is 2. The van der Waals surface area contributed by atoms with E-state index in [9.17, 15) is 9.59 Å². The molecule has 0 bridgehead atoms. The number of hydrogen-bond acceptors (Lipinski definition) is 3. The SMILES string of the molecule is NNC(=O)[C@H]1CC[C@H](C(=O)N2CCCCC2)CC1. The highest BCUT2D eigenvalue weighted by atomic mass is 16.2. The zero-order valence-corrected chi connectivity index (χ0v) is 10.9. The summed E-state index contributed by atoms with van der Waals surface area (Å²) in [4.78, 5) is 25.7. The van der Waals surface area contributed by atoms with E-state index in [-0.39, 0.29) is 17.7 Å². The highest BCUT2D eigenvalue weighted by Crippen LogP contribution is 2.30. The first-order chi connectivity index (χ1) is 8.72. The van der Waals surface area contributed by atoms with Gasteiger partial charge in [-0.05, 0) is 44.9 Å². The van der Waals surface area contributed by atoms with Crippen molar-refractivity contribution in [1.82, 2.24) is 10.3 Å². The molecular formula is C13H23N3O2. The molecule has 5 heteroatoms. The van der Waals surface area contributed by atoms with Crippen molar-refractivity contribution in [1.29, 1.82) is 0 Å². The number of hydrazine groups is 1. The summed E-state index contributed by atoms with van der Waals surface area (Å²) in [6, 6.07) is 0. The lowest BCUT2D eigenvalue weighted by Gasteiger charge is -2.33. The van der Waals surface area contributed by atoms with Crippen LogP contribution in [-0.4, -0.2) is 29.8 Å². The molecule has 1 saturated heterocycles. The molecule has 3 N–H and O–H groups in total. The third-order valence-corrected chi connectivity index (χ3v) is 4.26. The van der Waals surface area contributed by atoms with Crippen molar-refractivity contribution in [3.63, 3.8) is 0 Å². The van der Waals surface area contributed by atoms with Crippen LogP contribution in [-0.2, 0) is 9.59 Å². The van der Waals surface area contributed by atoms with Crippen LogP contribution < -0.4 is 11.3 Å². The molecule has 1 heterocycles. The third kappa shape index (κ3) is 3.02. The molecule has 0 aromatic carbocycles. The maximum Gasteiger partial charge on any atom is 0.236 e. The van der Waals surface area contributed by atoms with Crippen molar-refractivity contribution in [2.75, 3.05) is 13.1 Å². The second kappa shape index (κ2) is 6.18. The van der Waals surface area contributed by atoms with Crippen LogP contribution >= 0.6 is 0 Å². The van der Waals surface area contributed by atoms with E-state index in [1.807, 2.05) is 4.90 Å². The van der Waals surface area contributed by atoms with E-state index in [0.717, 1.165) is 51.6 Å². The van der Waals surface area contributed by atoms with Crippen LogP contribution in [0, 0.1) is 11.8 Å². The largest absolute Gasteiger partial charge is 0.342 e. The fraction of sp³-hybridized carbons (Fsp3) is 0.846. The van der Waals surface area contributed by atoms with Crippen molar-refractivity contribution in [3.05, 3.63) is 0 Å². The number of carbonyl (C=O) groups is 2. The maximum atomic E-state index is 12.3. The Bertz CT molecular complexity index is 305. The molecule has 0 spiro atoms. The monoisotopic (exact) mass is 253 g/mol. The molecule has 5 nitrogen and oxygen atoms in total. The van der Waals surface area contributed by atoms with Gasteiger partial charge in [-0.3, -0.25) is 15.0 Å². The van der Waals surface area contributed by atoms with E-state index < -0.39 is 0 Å². The number of nitrogens with one attached hydrogen (secondary N) is 1. The van der Waals surface area contributed by atoms with Gasteiger partial charge in [-0.15, -0.1) is 0 Å². The lowest BCUT2D eigenvalue weighted by molar-refractivity contribution is -0.139. The molecule has 18 heavy (non-hydrogen) atoms. The summed E-state index contributed by atoms with van der Waals surface area (Å²) in [5.41, 5.74) is 2.21. The quantitative estimate of drug-likeness (QED) is 0.434. The number of piperidine rings is 1. The molecule has 0 aromatic heterocycles. The van der Waals surface area contributed by atoms with E-state index in [0.29, 0.717) is 5.91 Å². The molecule has 102 valence electrons. The molecule has 2 aliphatic rings. The Labute approximate surface area is 108 Å². The normalized spacial score (nSPS) is 28.8. The second-order valence-corrected chi connectivity index (χ2v) is 5.44. The number of amides is 2. The summed E-state index contributed by atoms with van der Waals surface area (Å²) < 4.78 is 0. The van der Waals surface area contributed by atoms with E-state index >= 15 is 0 Å². The molecule has 2 fully saturated rings. The molecule has 0 unspecified atom stereocenters. The van der Waals surface area contributed by atoms with E-state index in [4.69, 9.17) is 5.84 Å². The Kier molecular flexibility index (Phi) is 4.58. The van der Waals surface area contributed by atoms with Gasteiger partial charge in [0.05, 0.1) is 0 Å². The van der Waals surface area contributed by atoms with Crippen LogP contribution in [0.25, 0.3) is 0 Å². The Morgan fingerprint density at radius 3 is 2.06 bits per heavy atom. The predicted octanol–water partition coefficient (Wildman–Crippen LogP) is 0.795. The number of likely N-dealkylation sites (tertiary alicyclic amines) is 1. The van der Waals surface area contributed by atoms with Gasteiger partial charge in [-0.25, -0.2) is 5.84 Å².